The molecule has 0 saturated heterocycles. The number of aromatic carboxylic acids is 1. The third kappa shape index (κ3) is 5.95. The van der Waals surface area contributed by atoms with Gasteiger partial charge in [0.05, 0.1) is 19.3 Å². The molecule has 0 bridgehead atoms. The highest BCUT2D eigenvalue weighted by atomic mass is 16.5. The number of ether oxygens (including phenoxy) is 2. The maximum absolute atomic E-state index is 11.2. The number of methoxy groups -OCH3 is 1. The summed E-state index contributed by atoms with van der Waals surface area (Å²) in [6.45, 7) is 1.16. The van der Waals surface area contributed by atoms with Crippen LogP contribution < -0.4 is 14.8 Å². The monoisotopic (exact) mass is 453 g/mol. The lowest BCUT2D eigenvalue weighted by Crippen LogP contribution is -2.08. The largest absolute Gasteiger partial charge is 0.497 e. The minimum Gasteiger partial charge on any atom is -0.497 e. The van der Waals surface area contributed by atoms with E-state index in [0.717, 1.165) is 39.1 Å². The first-order chi connectivity index (χ1) is 16.6. The van der Waals surface area contributed by atoms with Gasteiger partial charge in [0.15, 0.2) is 0 Å². The molecule has 0 heterocycles. The van der Waals surface area contributed by atoms with Gasteiger partial charge in [-0.2, -0.15) is 0 Å². The van der Waals surface area contributed by atoms with Crippen molar-refractivity contribution in [3.05, 3.63) is 108 Å². The third-order valence-corrected chi connectivity index (χ3v) is 5.57. The van der Waals surface area contributed by atoms with Crippen molar-refractivity contribution < 1.29 is 19.4 Å². The molecular formula is C29H27NO4. The van der Waals surface area contributed by atoms with Gasteiger partial charge in [0.1, 0.15) is 11.5 Å². The van der Waals surface area contributed by atoms with Crippen LogP contribution in [-0.2, 0) is 0 Å². The molecule has 5 nitrogen and oxygen atoms in total. The minimum absolute atomic E-state index is 0.273. The van der Waals surface area contributed by atoms with E-state index in [1.807, 2.05) is 60.7 Å². The molecule has 0 atom stereocenters. The summed E-state index contributed by atoms with van der Waals surface area (Å²) in [6, 6.07) is 28.9. The summed E-state index contributed by atoms with van der Waals surface area (Å²) in [5, 5.41) is 14.8. The smallest absolute Gasteiger partial charge is 0.335 e. The molecule has 0 aliphatic heterocycles. The number of hydrogen-bond donors (Lipinski definition) is 2. The van der Waals surface area contributed by atoms with E-state index >= 15 is 0 Å². The first-order valence-electron chi connectivity index (χ1n) is 11.1. The van der Waals surface area contributed by atoms with Crippen LogP contribution in [0.1, 0.15) is 22.3 Å². The Morgan fingerprint density at radius 1 is 0.912 bits per heavy atom. The van der Waals surface area contributed by atoms with Gasteiger partial charge in [-0.25, -0.2) is 4.79 Å². The van der Waals surface area contributed by atoms with Crippen LogP contribution in [0.3, 0.4) is 0 Å². The number of benzene rings is 4. The van der Waals surface area contributed by atoms with Crippen molar-refractivity contribution in [1.82, 2.24) is 0 Å². The number of carbonyl (C=O) groups is 1. The molecular weight excluding hydrogens is 426 g/mol. The molecule has 0 aliphatic carbocycles. The first kappa shape index (κ1) is 22.9. The Morgan fingerprint density at radius 3 is 2.38 bits per heavy atom. The molecule has 0 spiro atoms. The normalized spacial score (nSPS) is 11.3. The van der Waals surface area contributed by atoms with Crippen LogP contribution in [0.5, 0.6) is 11.5 Å². The van der Waals surface area contributed by atoms with Gasteiger partial charge in [-0.05, 0) is 59.0 Å². The quantitative estimate of drug-likeness (QED) is 0.286. The second-order valence-corrected chi connectivity index (χ2v) is 7.89. The Balaban J connectivity index is 1.48. The van der Waals surface area contributed by atoms with Crippen molar-refractivity contribution in [3.63, 3.8) is 0 Å². The highest BCUT2D eigenvalue weighted by Gasteiger charge is 2.06. The molecule has 0 saturated carbocycles. The third-order valence-electron chi connectivity index (χ3n) is 5.57. The van der Waals surface area contributed by atoms with Crippen molar-refractivity contribution in [2.24, 2.45) is 0 Å². The fourth-order valence-corrected chi connectivity index (χ4v) is 3.71. The maximum atomic E-state index is 11.2. The summed E-state index contributed by atoms with van der Waals surface area (Å²) in [5.74, 6) is 0.745. The molecule has 0 aliphatic rings. The van der Waals surface area contributed by atoms with Gasteiger partial charge in [-0.1, -0.05) is 54.6 Å². The van der Waals surface area contributed by atoms with Crippen molar-refractivity contribution in [3.8, 4) is 11.5 Å². The molecule has 4 aromatic rings. The van der Waals surface area contributed by atoms with Crippen LogP contribution in [0.4, 0.5) is 5.69 Å². The van der Waals surface area contributed by atoms with E-state index in [4.69, 9.17) is 14.6 Å². The van der Waals surface area contributed by atoms with Crippen LogP contribution in [0.2, 0.25) is 0 Å². The summed E-state index contributed by atoms with van der Waals surface area (Å²) >= 11 is 0. The second-order valence-electron chi connectivity index (χ2n) is 7.89. The molecule has 4 rings (SSSR count). The number of fused-ring (bicyclic) bond motifs is 1. The Kier molecular flexibility index (Phi) is 7.45. The lowest BCUT2D eigenvalue weighted by molar-refractivity contribution is 0.0697. The molecule has 172 valence electrons. The lowest BCUT2D eigenvalue weighted by atomic mass is 10.1. The fourth-order valence-electron chi connectivity index (χ4n) is 3.71. The van der Waals surface area contributed by atoms with E-state index < -0.39 is 5.97 Å². The molecule has 2 N–H and O–H groups in total. The van der Waals surface area contributed by atoms with E-state index in [2.05, 4.69) is 29.6 Å². The van der Waals surface area contributed by atoms with Crippen LogP contribution in [0.15, 0.2) is 96.6 Å². The molecule has 4 aromatic carbocycles. The predicted molar refractivity (Wildman–Crippen MR) is 137 cm³/mol. The number of rotatable bonds is 10. The molecule has 0 fully saturated rings. The van der Waals surface area contributed by atoms with E-state index in [-0.39, 0.29) is 5.56 Å². The van der Waals surface area contributed by atoms with E-state index in [1.54, 1.807) is 19.2 Å². The average Bonchev–Trinajstić information content (AvgIpc) is 2.88. The van der Waals surface area contributed by atoms with Crippen molar-refractivity contribution in [2.45, 2.75) is 6.42 Å². The molecule has 34 heavy (non-hydrogen) atoms. The Hall–Kier alpha value is -4.25. The zero-order chi connectivity index (χ0) is 23.8. The van der Waals surface area contributed by atoms with E-state index in [1.165, 1.54) is 0 Å². The van der Waals surface area contributed by atoms with Gasteiger partial charge in [-0.3, -0.25) is 0 Å². The van der Waals surface area contributed by atoms with E-state index in [9.17, 15) is 4.79 Å². The molecule has 0 amide bonds. The Bertz CT molecular complexity index is 1270. The van der Waals surface area contributed by atoms with Crippen LogP contribution in [0.25, 0.3) is 16.8 Å². The van der Waals surface area contributed by atoms with Gasteiger partial charge in [0.25, 0.3) is 0 Å². The Labute approximate surface area is 199 Å². The minimum atomic E-state index is -0.930. The number of hydrogen-bond acceptors (Lipinski definition) is 4. The number of carboxylic acids is 1. The van der Waals surface area contributed by atoms with Crippen LogP contribution in [0, 0.1) is 0 Å². The number of nitrogens with one attached hydrogen (secondary N) is 1. The molecule has 5 heteroatoms. The summed E-state index contributed by atoms with van der Waals surface area (Å²) in [7, 11) is 1.65. The van der Waals surface area contributed by atoms with Crippen molar-refractivity contribution >= 4 is 28.5 Å². The lowest BCUT2D eigenvalue weighted by Gasteiger charge is -2.13. The van der Waals surface area contributed by atoms with Crippen molar-refractivity contribution in [1.29, 1.82) is 0 Å². The van der Waals surface area contributed by atoms with Gasteiger partial charge >= 0.3 is 5.97 Å². The van der Waals surface area contributed by atoms with Gasteiger partial charge < -0.3 is 19.9 Å². The average molecular weight is 454 g/mol. The number of anilines is 1. The van der Waals surface area contributed by atoms with E-state index in [0.29, 0.717) is 19.6 Å². The molecule has 0 radical (unpaired) electrons. The van der Waals surface area contributed by atoms with Crippen molar-refractivity contribution in [2.75, 3.05) is 25.6 Å². The predicted octanol–water partition coefficient (Wildman–Crippen LogP) is 6.51. The summed E-state index contributed by atoms with van der Waals surface area (Å²) in [4.78, 5) is 11.2. The zero-order valence-corrected chi connectivity index (χ0v) is 19.0. The second kappa shape index (κ2) is 11.1. The topological polar surface area (TPSA) is 67.8 Å². The zero-order valence-electron chi connectivity index (χ0n) is 19.0. The highest BCUT2D eigenvalue weighted by molar-refractivity contribution is 5.88. The summed E-state index contributed by atoms with van der Waals surface area (Å²) < 4.78 is 11.4. The van der Waals surface area contributed by atoms with Gasteiger partial charge in [0.2, 0.25) is 0 Å². The first-order valence-corrected chi connectivity index (χ1v) is 11.1. The van der Waals surface area contributed by atoms with Crippen LogP contribution in [-0.4, -0.2) is 31.3 Å². The number of carboxylic acid groups (broad SMARTS) is 1. The molecule has 0 aromatic heterocycles. The van der Waals surface area contributed by atoms with Gasteiger partial charge in [0, 0.05) is 24.0 Å². The SMILES string of the molecule is COc1ccc(NCC(=Cc2ccc(C(=O)O)cc2)CCOc2cccc3ccccc23)cc1. The van der Waals surface area contributed by atoms with Gasteiger partial charge in [-0.15, -0.1) is 0 Å². The molecule has 0 unspecified atom stereocenters. The highest BCUT2D eigenvalue weighted by Crippen LogP contribution is 2.26. The summed E-state index contributed by atoms with van der Waals surface area (Å²) in [6.07, 6.45) is 2.79. The summed E-state index contributed by atoms with van der Waals surface area (Å²) in [5.41, 5.74) is 3.35. The van der Waals surface area contributed by atoms with Crippen LogP contribution >= 0.6 is 0 Å². The standard InChI is InChI=1S/C29H27NO4/c1-33-26-15-13-25(14-16-26)30-20-22(19-21-9-11-24(12-10-21)29(31)32)17-18-34-28-8-4-6-23-5-2-3-7-27(23)28/h2-16,19,30H,17-18,20H2,1H3,(H,31,32). The fraction of sp³-hybridized carbons (Fsp3) is 0.138. The maximum Gasteiger partial charge on any atom is 0.335 e. The Morgan fingerprint density at radius 2 is 1.65 bits per heavy atom.